The minimum atomic E-state index is -0.664. The zero-order valence-corrected chi connectivity index (χ0v) is 9.77. The van der Waals surface area contributed by atoms with Crippen molar-refractivity contribution >= 4 is 0 Å². The van der Waals surface area contributed by atoms with E-state index in [4.69, 9.17) is 0 Å². The number of hydrogen-bond donors (Lipinski definition) is 2. The molecule has 0 amide bonds. The van der Waals surface area contributed by atoms with Crippen LogP contribution in [0.15, 0.2) is 0 Å². The molecule has 94 valence electrons. The van der Waals surface area contributed by atoms with Crippen molar-refractivity contribution in [3.63, 3.8) is 0 Å². The SMILES string of the molecule is CC(c1nnnn1C1CC1)N1CC(O)C(O)C1. The van der Waals surface area contributed by atoms with E-state index in [1.54, 1.807) is 0 Å². The summed E-state index contributed by atoms with van der Waals surface area (Å²) in [7, 11) is 0. The van der Waals surface area contributed by atoms with E-state index in [0.717, 1.165) is 18.7 Å². The fourth-order valence-electron chi connectivity index (χ4n) is 2.33. The Bertz CT molecular complexity index is 395. The molecule has 0 radical (unpaired) electrons. The van der Waals surface area contributed by atoms with Crippen molar-refractivity contribution in [2.75, 3.05) is 13.1 Å². The molecule has 2 aliphatic rings. The van der Waals surface area contributed by atoms with Gasteiger partial charge in [0.2, 0.25) is 0 Å². The molecule has 2 N–H and O–H groups in total. The second-order valence-corrected chi connectivity index (χ2v) is 4.98. The molecule has 2 fully saturated rings. The first-order valence-corrected chi connectivity index (χ1v) is 6.04. The minimum absolute atomic E-state index is 0.0254. The highest BCUT2D eigenvalue weighted by Gasteiger charge is 2.36. The fraction of sp³-hybridized carbons (Fsp3) is 0.900. The molecule has 0 aromatic carbocycles. The van der Waals surface area contributed by atoms with Crippen LogP contribution in [0.1, 0.15) is 37.7 Å². The summed E-state index contributed by atoms with van der Waals surface area (Å²) < 4.78 is 1.88. The topological polar surface area (TPSA) is 87.3 Å². The number of tetrazole rings is 1. The minimum Gasteiger partial charge on any atom is -0.389 e. The van der Waals surface area contributed by atoms with E-state index < -0.39 is 12.2 Å². The molecule has 1 aromatic rings. The molecule has 3 rings (SSSR count). The Morgan fingerprint density at radius 3 is 2.47 bits per heavy atom. The largest absolute Gasteiger partial charge is 0.389 e. The number of aliphatic hydroxyl groups is 2. The maximum Gasteiger partial charge on any atom is 0.168 e. The van der Waals surface area contributed by atoms with Gasteiger partial charge in [0, 0.05) is 13.1 Å². The quantitative estimate of drug-likeness (QED) is 0.711. The molecule has 7 nitrogen and oxygen atoms in total. The standard InChI is InChI=1S/C10H17N5O2/c1-6(14-4-8(16)9(17)5-14)10-11-12-13-15(10)7-2-3-7/h6-9,16-17H,2-5H2,1H3. The normalized spacial score (nSPS) is 31.9. The summed E-state index contributed by atoms with van der Waals surface area (Å²) in [6.45, 7) is 2.95. The number of β-amino-alcohol motifs (C(OH)–C–C–N with tert-alkyl or cyclic N) is 2. The van der Waals surface area contributed by atoms with Crippen molar-refractivity contribution in [1.29, 1.82) is 0 Å². The highest BCUT2D eigenvalue weighted by Crippen LogP contribution is 2.36. The van der Waals surface area contributed by atoms with Gasteiger partial charge in [0.05, 0.1) is 24.3 Å². The molecule has 0 spiro atoms. The first kappa shape index (κ1) is 11.1. The van der Waals surface area contributed by atoms with Crippen molar-refractivity contribution < 1.29 is 10.2 Å². The number of hydrogen-bond acceptors (Lipinski definition) is 6. The van der Waals surface area contributed by atoms with Gasteiger partial charge in [0.15, 0.2) is 5.82 Å². The van der Waals surface area contributed by atoms with Crippen molar-refractivity contribution in [1.82, 2.24) is 25.1 Å². The lowest BCUT2D eigenvalue weighted by Gasteiger charge is -2.22. The molecule has 0 bridgehead atoms. The number of nitrogens with zero attached hydrogens (tertiary/aromatic N) is 5. The van der Waals surface area contributed by atoms with Crippen molar-refractivity contribution in [2.24, 2.45) is 0 Å². The van der Waals surface area contributed by atoms with Gasteiger partial charge in [-0.3, -0.25) is 4.90 Å². The van der Waals surface area contributed by atoms with Crippen LogP contribution in [-0.2, 0) is 0 Å². The van der Waals surface area contributed by atoms with E-state index in [-0.39, 0.29) is 6.04 Å². The third-order valence-electron chi connectivity index (χ3n) is 3.62. The lowest BCUT2D eigenvalue weighted by molar-refractivity contribution is 0.0572. The third kappa shape index (κ3) is 1.94. The van der Waals surface area contributed by atoms with Gasteiger partial charge >= 0.3 is 0 Å². The maximum atomic E-state index is 9.56. The second-order valence-electron chi connectivity index (χ2n) is 4.98. The van der Waals surface area contributed by atoms with Crippen molar-refractivity contribution in [2.45, 2.75) is 44.1 Å². The molecule has 1 aliphatic heterocycles. The van der Waals surface area contributed by atoms with E-state index in [2.05, 4.69) is 15.5 Å². The molecule has 1 saturated heterocycles. The number of aliphatic hydroxyl groups excluding tert-OH is 2. The number of rotatable bonds is 3. The Balaban J connectivity index is 1.77. The summed E-state index contributed by atoms with van der Waals surface area (Å²) in [5.74, 6) is 0.828. The van der Waals surface area contributed by atoms with E-state index in [1.165, 1.54) is 0 Å². The highest BCUT2D eigenvalue weighted by molar-refractivity contribution is 4.99. The third-order valence-corrected chi connectivity index (χ3v) is 3.62. The van der Waals surface area contributed by atoms with Crippen LogP contribution in [0.4, 0.5) is 0 Å². The number of likely N-dealkylation sites (tertiary alicyclic amines) is 1. The Labute approximate surface area is 99.0 Å². The summed E-state index contributed by atoms with van der Waals surface area (Å²) in [4.78, 5) is 2.01. The molecule has 1 aromatic heterocycles. The Morgan fingerprint density at radius 2 is 1.88 bits per heavy atom. The van der Waals surface area contributed by atoms with Gasteiger partial charge < -0.3 is 10.2 Å². The molecule has 17 heavy (non-hydrogen) atoms. The molecule has 2 heterocycles. The smallest absolute Gasteiger partial charge is 0.168 e. The average molecular weight is 239 g/mol. The van der Waals surface area contributed by atoms with Crippen LogP contribution in [-0.4, -0.2) is 60.6 Å². The lowest BCUT2D eigenvalue weighted by atomic mass is 10.3. The summed E-state index contributed by atoms with van der Waals surface area (Å²) >= 11 is 0. The van der Waals surface area contributed by atoms with E-state index >= 15 is 0 Å². The first-order chi connectivity index (χ1) is 8.16. The first-order valence-electron chi connectivity index (χ1n) is 6.04. The van der Waals surface area contributed by atoms with Crippen molar-refractivity contribution in [3.8, 4) is 0 Å². The van der Waals surface area contributed by atoms with Gasteiger partial charge in [-0.15, -0.1) is 5.10 Å². The van der Waals surface area contributed by atoms with Gasteiger partial charge in [0.25, 0.3) is 0 Å². The summed E-state index contributed by atoms with van der Waals surface area (Å²) in [5, 5.41) is 30.9. The van der Waals surface area contributed by atoms with Crippen LogP contribution in [0.5, 0.6) is 0 Å². The Kier molecular flexibility index (Phi) is 2.61. The van der Waals surface area contributed by atoms with Crippen LogP contribution in [0.2, 0.25) is 0 Å². The maximum absolute atomic E-state index is 9.56. The van der Waals surface area contributed by atoms with Gasteiger partial charge in [0.1, 0.15) is 0 Å². The fourth-order valence-corrected chi connectivity index (χ4v) is 2.33. The Morgan fingerprint density at radius 1 is 1.24 bits per heavy atom. The molecule has 1 saturated carbocycles. The van der Waals surface area contributed by atoms with Crippen LogP contribution < -0.4 is 0 Å². The monoisotopic (exact) mass is 239 g/mol. The number of aromatic nitrogens is 4. The molecular formula is C10H17N5O2. The van der Waals surface area contributed by atoms with E-state index in [9.17, 15) is 10.2 Å². The van der Waals surface area contributed by atoms with E-state index in [1.807, 2.05) is 16.5 Å². The molecule has 7 heteroatoms. The highest BCUT2D eigenvalue weighted by atomic mass is 16.3. The average Bonchev–Trinajstić information content (AvgIpc) is 2.94. The van der Waals surface area contributed by atoms with Gasteiger partial charge in [-0.25, -0.2) is 4.68 Å². The summed E-state index contributed by atoms with van der Waals surface area (Å²) in [5.41, 5.74) is 0. The second kappa shape index (κ2) is 4.01. The predicted octanol–water partition coefficient (Wildman–Crippen LogP) is -0.894. The van der Waals surface area contributed by atoms with Crippen LogP contribution in [0.3, 0.4) is 0 Å². The summed E-state index contributed by atoms with van der Waals surface area (Å²) in [6, 6.07) is 0.470. The molecule has 1 aliphatic carbocycles. The van der Waals surface area contributed by atoms with Crippen LogP contribution in [0, 0.1) is 0 Å². The van der Waals surface area contributed by atoms with Gasteiger partial charge in [-0.05, 0) is 30.2 Å². The zero-order chi connectivity index (χ0) is 12.0. The molecular weight excluding hydrogens is 222 g/mol. The van der Waals surface area contributed by atoms with Crippen molar-refractivity contribution in [3.05, 3.63) is 5.82 Å². The lowest BCUT2D eigenvalue weighted by Crippen LogP contribution is -2.28. The van der Waals surface area contributed by atoms with Crippen LogP contribution >= 0.6 is 0 Å². The van der Waals surface area contributed by atoms with Crippen LogP contribution in [0.25, 0.3) is 0 Å². The molecule has 3 unspecified atom stereocenters. The summed E-state index contributed by atoms with van der Waals surface area (Å²) in [6.07, 6.45) is 0.942. The predicted molar refractivity (Wildman–Crippen MR) is 58.1 cm³/mol. The van der Waals surface area contributed by atoms with Gasteiger partial charge in [-0.1, -0.05) is 0 Å². The zero-order valence-electron chi connectivity index (χ0n) is 9.77. The molecule has 3 atom stereocenters. The Hall–Kier alpha value is -1.05. The van der Waals surface area contributed by atoms with E-state index in [0.29, 0.717) is 19.1 Å². The van der Waals surface area contributed by atoms with Gasteiger partial charge in [-0.2, -0.15) is 0 Å².